The monoisotopic (exact) mass is 341 g/mol. The molecule has 0 aliphatic carbocycles. The number of imidazole rings is 1. The zero-order valence-electron chi connectivity index (χ0n) is 9.78. The van der Waals surface area contributed by atoms with Crippen molar-refractivity contribution in [2.45, 2.75) is 25.9 Å². The molecule has 1 aromatic carbocycles. The molecule has 0 fully saturated rings. The SMILES string of the molecule is CCC(NCc1ccc(I)cc1)c1ncc[nH]1. The summed E-state index contributed by atoms with van der Waals surface area (Å²) in [5.41, 5.74) is 1.30. The molecule has 0 bridgehead atoms. The average molecular weight is 341 g/mol. The van der Waals surface area contributed by atoms with Crippen LogP contribution in [0.5, 0.6) is 0 Å². The molecule has 0 saturated carbocycles. The van der Waals surface area contributed by atoms with Crippen LogP contribution in [0.1, 0.15) is 30.8 Å². The van der Waals surface area contributed by atoms with E-state index in [1.54, 1.807) is 6.20 Å². The fourth-order valence-corrected chi connectivity index (χ4v) is 2.11. The molecule has 0 saturated heterocycles. The number of aromatic amines is 1. The number of benzene rings is 1. The van der Waals surface area contributed by atoms with Crippen molar-refractivity contribution in [3.05, 3.63) is 51.6 Å². The largest absolute Gasteiger partial charge is 0.347 e. The number of rotatable bonds is 5. The second-order valence-electron chi connectivity index (χ2n) is 3.94. The topological polar surface area (TPSA) is 40.7 Å². The van der Waals surface area contributed by atoms with E-state index in [0.29, 0.717) is 6.04 Å². The van der Waals surface area contributed by atoms with Gasteiger partial charge in [0, 0.05) is 22.5 Å². The fraction of sp³-hybridized carbons (Fsp3) is 0.308. The number of nitrogens with one attached hydrogen (secondary N) is 2. The van der Waals surface area contributed by atoms with Gasteiger partial charge in [-0.15, -0.1) is 0 Å². The van der Waals surface area contributed by atoms with Crippen molar-refractivity contribution in [2.24, 2.45) is 0 Å². The van der Waals surface area contributed by atoms with E-state index < -0.39 is 0 Å². The molecule has 2 N–H and O–H groups in total. The van der Waals surface area contributed by atoms with Crippen LogP contribution in [0.2, 0.25) is 0 Å². The number of H-pyrrole nitrogens is 1. The zero-order chi connectivity index (χ0) is 12.1. The molecule has 1 aromatic heterocycles. The third kappa shape index (κ3) is 3.54. The summed E-state index contributed by atoms with van der Waals surface area (Å²) in [5, 5.41) is 3.51. The van der Waals surface area contributed by atoms with Crippen molar-refractivity contribution in [1.82, 2.24) is 15.3 Å². The maximum absolute atomic E-state index is 4.29. The molecule has 4 heteroatoms. The first-order valence-corrected chi connectivity index (χ1v) is 6.84. The van der Waals surface area contributed by atoms with Crippen LogP contribution >= 0.6 is 22.6 Å². The van der Waals surface area contributed by atoms with Gasteiger partial charge >= 0.3 is 0 Å². The predicted octanol–water partition coefficient (Wildman–Crippen LogP) is 3.26. The Kier molecular flexibility index (Phi) is 4.56. The summed E-state index contributed by atoms with van der Waals surface area (Å²) < 4.78 is 1.27. The van der Waals surface area contributed by atoms with Gasteiger partial charge in [0.25, 0.3) is 0 Å². The molecule has 1 unspecified atom stereocenters. The highest BCUT2D eigenvalue weighted by atomic mass is 127. The van der Waals surface area contributed by atoms with Gasteiger partial charge in [0.05, 0.1) is 6.04 Å². The lowest BCUT2D eigenvalue weighted by atomic mass is 10.2. The van der Waals surface area contributed by atoms with Crippen molar-refractivity contribution >= 4 is 22.6 Å². The Balaban J connectivity index is 1.94. The van der Waals surface area contributed by atoms with Gasteiger partial charge in [-0.1, -0.05) is 19.1 Å². The van der Waals surface area contributed by atoms with Gasteiger partial charge in [-0.05, 0) is 46.7 Å². The van der Waals surface area contributed by atoms with Gasteiger partial charge in [-0.25, -0.2) is 4.98 Å². The van der Waals surface area contributed by atoms with Gasteiger partial charge in [-0.2, -0.15) is 0 Å². The molecule has 1 heterocycles. The van der Waals surface area contributed by atoms with Crippen molar-refractivity contribution in [1.29, 1.82) is 0 Å². The van der Waals surface area contributed by atoms with Crippen LogP contribution in [0.25, 0.3) is 0 Å². The lowest BCUT2D eigenvalue weighted by molar-refractivity contribution is 0.498. The lowest BCUT2D eigenvalue weighted by Crippen LogP contribution is -2.21. The quantitative estimate of drug-likeness (QED) is 0.820. The third-order valence-corrected chi connectivity index (χ3v) is 3.44. The summed E-state index contributed by atoms with van der Waals surface area (Å²) in [5.74, 6) is 1.01. The first-order valence-electron chi connectivity index (χ1n) is 5.76. The molecule has 3 nitrogen and oxygen atoms in total. The Morgan fingerprint density at radius 3 is 2.71 bits per heavy atom. The summed E-state index contributed by atoms with van der Waals surface area (Å²) in [7, 11) is 0. The summed E-state index contributed by atoms with van der Waals surface area (Å²) in [6.45, 7) is 3.03. The third-order valence-electron chi connectivity index (χ3n) is 2.72. The average Bonchev–Trinajstić information content (AvgIpc) is 2.86. The van der Waals surface area contributed by atoms with E-state index in [4.69, 9.17) is 0 Å². The Morgan fingerprint density at radius 1 is 1.35 bits per heavy atom. The second kappa shape index (κ2) is 6.16. The van der Waals surface area contributed by atoms with Crippen LogP contribution in [0.15, 0.2) is 36.7 Å². The van der Waals surface area contributed by atoms with Gasteiger partial charge in [-0.3, -0.25) is 0 Å². The van der Waals surface area contributed by atoms with E-state index in [1.807, 2.05) is 6.20 Å². The highest BCUT2D eigenvalue weighted by Gasteiger charge is 2.10. The van der Waals surface area contributed by atoms with E-state index >= 15 is 0 Å². The number of halogens is 1. The number of hydrogen-bond donors (Lipinski definition) is 2. The van der Waals surface area contributed by atoms with E-state index in [2.05, 4.69) is 69.1 Å². The first kappa shape index (κ1) is 12.6. The fourth-order valence-electron chi connectivity index (χ4n) is 1.75. The molecule has 1 atom stereocenters. The molecule has 90 valence electrons. The molecular formula is C13H16IN3. The molecule has 17 heavy (non-hydrogen) atoms. The Hall–Kier alpha value is -0.880. The lowest BCUT2D eigenvalue weighted by Gasteiger charge is -2.14. The summed E-state index contributed by atoms with van der Waals surface area (Å²) in [6, 6.07) is 8.87. The molecular weight excluding hydrogens is 325 g/mol. The predicted molar refractivity (Wildman–Crippen MR) is 77.6 cm³/mol. The smallest absolute Gasteiger partial charge is 0.123 e. The van der Waals surface area contributed by atoms with E-state index in [-0.39, 0.29) is 0 Å². The van der Waals surface area contributed by atoms with Crippen LogP contribution < -0.4 is 5.32 Å². The maximum Gasteiger partial charge on any atom is 0.123 e. The van der Waals surface area contributed by atoms with Gasteiger partial charge in [0.15, 0.2) is 0 Å². The number of aromatic nitrogens is 2. The molecule has 0 amide bonds. The van der Waals surface area contributed by atoms with Crippen molar-refractivity contribution in [3.63, 3.8) is 0 Å². The minimum atomic E-state index is 0.296. The highest BCUT2D eigenvalue weighted by molar-refractivity contribution is 14.1. The van der Waals surface area contributed by atoms with Crippen molar-refractivity contribution in [2.75, 3.05) is 0 Å². The molecule has 0 aliphatic rings. The van der Waals surface area contributed by atoms with Gasteiger partial charge in [0.2, 0.25) is 0 Å². The minimum Gasteiger partial charge on any atom is -0.347 e. The number of hydrogen-bond acceptors (Lipinski definition) is 2. The van der Waals surface area contributed by atoms with Crippen molar-refractivity contribution < 1.29 is 0 Å². The van der Waals surface area contributed by atoms with Gasteiger partial charge in [0.1, 0.15) is 5.82 Å². The maximum atomic E-state index is 4.29. The van der Waals surface area contributed by atoms with E-state index in [9.17, 15) is 0 Å². The van der Waals surface area contributed by atoms with Crippen LogP contribution in [0.3, 0.4) is 0 Å². The first-order chi connectivity index (χ1) is 8.29. The minimum absolute atomic E-state index is 0.296. The second-order valence-corrected chi connectivity index (χ2v) is 5.19. The summed E-state index contributed by atoms with van der Waals surface area (Å²) in [6.07, 6.45) is 4.69. The van der Waals surface area contributed by atoms with Crippen LogP contribution in [0.4, 0.5) is 0 Å². The summed E-state index contributed by atoms with van der Waals surface area (Å²) in [4.78, 5) is 7.45. The number of nitrogens with zero attached hydrogens (tertiary/aromatic N) is 1. The molecule has 0 spiro atoms. The Bertz CT molecular complexity index is 436. The molecule has 2 aromatic rings. The summed E-state index contributed by atoms with van der Waals surface area (Å²) >= 11 is 2.32. The standard InChI is InChI=1S/C13H16IN3/c1-2-12(13-15-7-8-16-13)17-9-10-3-5-11(14)6-4-10/h3-8,12,17H,2,9H2,1H3,(H,15,16). The Labute approximate surface area is 115 Å². The van der Waals surface area contributed by atoms with E-state index in [1.165, 1.54) is 9.13 Å². The highest BCUT2D eigenvalue weighted by Crippen LogP contribution is 2.13. The normalized spacial score (nSPS) is 12.6. The Morgan fingerprint density at radius 2 is 2.12 bits per heavy atom. The molecule has 2 rings (SSSR count). The van der Waals surface area contributed by atoms with Crippen LogP contribution in [-0.2, 0) is 6.54 Å². The van der Waals surface area contributed by atoms with Crippen LogP contribution in [-0.4, -0.2) is 9.97 Å². The zero-order valence-corrected chi connectivity index (χ0v) is 11.9. The van der Waals surface area contributed by atoms with E-state index in [0.717, 1.165) is 18.8 Å². The van der Waals surface area contributed by atoms with Gasteiger partial charge < -0.3 is 10.3 Å². The molecule has 0 radical (unpaired) electrons. The van der Waals surface area contributed by atoms with Crippen LogP contribution in [0, 0.1) is 3.57 Å². The van der Waals surface area contributed by atoms with Crippen molar-refractivity contribution in [3.8, 4) is 0 Å². The molecule has 0 aliphatic heterocycles.